The van der Waals surface area contributed by atoms with Crippen molar-refractivity contribution in [1.29, 1.82) is 0 Å². The predicted octanol–water partition coefficient (Wildman–Crippen LogP) is 3.05. The zero-order valence-electron chi connectivity index (χ0n) is 17.4. The number of carbonyl (C=O) groups excluding carboxylic acids is 2. The highest BCUT2D eigenvalue weighted by atomic mass is 16.2. The third kappa shape index (κ3) is 5.57. The molecule has 1 atom stereocenters. The van der Waals surface area contributed by atoms with Crippen LogP contribution in [-0.4, -0.2) is 53.8 Å². The average molecular weight is 386 g/mol. The molecule has 3 rings (SSSR count). The van der Waals surface area contributed by atoms with E-state index in [9.17, 15) is 9.59 Å². The quantitative estimate of drug-likeness (QED) is 0.819. The number of hydrogen-bond acceptors (Lipinski definition) is 3. The minimum atomic E-state index is -0.407. The number of benzene rings is 1. The highest BCUT2D eigenvalue weighted by Crippen LogP contribution is 2.24. The topological polar surface area (TPSA) is 52.7 Å². The van der Waals surface area contributed by atoms with Crippen molar-refractivity contribution in [2.45, 2.75) is 58.5 Å². The summed E-state index contributed by atoms with van der Waals surface area (Å²) in [5.74, 6) is 0.348. The summed E-state index contributed by atoms with van der Waals surface area (Å²) < 4.78 is 0. The van der Waals surface area contributed by atoms with E-state index in [1.54, 1.807) is 0 Å². The first-order valence-electron chi connectivity index (χ1n) is 10.9. The van der Waals surface area contributed by atoms with Crippen molar-refractivity contribution in [2.75, 3.05) is 26.2 Å². The fourth-order valence-corrected chi connectivity index (χ4v) is 4.31. The SMILES string of the molecule is CC(C)C(NC(=O)C1CCCCC1)C(=O)N1CCN(Cc2ccccc2)CC1. The minimum Gasteiger partial charge on any atom is -0.344 e. The Morgan fingerprint density at radius 2 is 1.64 bits per heavy atom. The first-order valence-corrected chi connectivity index (χ1v) is 10.9. The van der Waals surface area contributed by atoms with Crippen molar-refractivity contribution in [2.24, 2.45) is 11.8 Å². The highest BCUT2D eigenvalue weighted by molar-refractivity contribution is 5.88. The minimum absolute atomic E-state index is 0.0782. The summed E-state index contributed by atoms with van der Waals surface area (Å²) in [5, 5.41) is 3.09. The second kappa shape index (κ2) is 10.1. The number of rotatable bonds is 6. The summed E-state index contributed by atoms with van der Waals surface area (Å²) in [6.45, 7) is 8.19. The maximum absolute atomic E-state index is 13.1. The maximum atomic E-state index is 13.1. The van der Waals surface area contributed by atoms with Crippen LogP contribution in [0.5, 0.6) is 0 Å². The number of carbonyl (C=O) groups is 2. The second-order valence-corrected chi connectivity index (χ2v) is 8.65. The Hall–Kier alpha value is -1.88. The van der Waals surface area contributed by atoms with Gasteiger partial charge in [0.1, 0.15) is 6.04 Å². The van der Waals surface area contributed by atoms with Crippen molar-refractivity contribution < 1.29 is 9.59 Å². The highest BCUT2D eigenvalue weighted by Gasteiger charge is 2.32. The van der Waals surface area contributed by atoms with Crippen LogP contribution in [0.3, 0.4) is 0 Å². The number of piperazine rings is 1. The lowest BCUT2D eigenvalue weighted by Crippen LogP contribution is -2.57. The molecule has 2 fully saturated rings. The Morgan fingerprint density at radius 3 is 2.25 bits per heavy atom. The lowest BCUT2D eigenvalue weighted by atomic mass is 9.88. The van der Waals surface area contributed by atoms with Crippen LogP contribution < -0.4 is 5.32 Å². The molecule has 1 heterocycles. The molecule has 154 valence electrons. The van der Waals surface area contributed by atoms with Crippen LogP contribution in [0.2, 0.25) is 0 Å². The monoisotopic (exact) mass is 385 g/mol. The molecular weight excluding hydrogens is 350 g/mol. The van der Waals surface area contributed by atoms with E-state index in [2.05, 4.69) is 34.5 Å². The van der Waals surface area contributed by atoms with Crippen LogP contribution >= 0.6 is 0 Å². The molecule has 0 aromatic heterocycles. The molecule has 0 bridgehead atoms. The van der Waals surface area contributed by atoms with E-state index in [4.69, 9.17) is 0 Å². The predicted molar refractivity (Wildman–Crippen MR) is 112 cm³/mol. The number of hydrogen-bond donors (Lipinski definition) is 1. The van der Waals surface area contributed by atoms with E-state index < -0.39 is 6.04 Å². The smallest absolute Gasteiger partial charge is 0.245 e. The average Bonchev–Trinajstić information content (AvgIpc) is 2.73. The number of nitrogens with zero attached hydrogens (tertiary/aromatic N) is 2. The molecule has 2 aliphatic rings. The van der Waals surface area contributed by atoms with Gasteiger partial charge in [-0.2, -0.15) is 0 Å². The standard InChI is InChI=1S/C23H35N3O2/c1-18(2)21(24-22(27)20-11-7-4-8-12-20)23(28)26-15-13-25(14-16-26)17-19-9-5-3-6-10-19/h3,5-6,9-10,18,20-21H,4,7-8,11-17H2,1-2H3,(H,24,27). The summed E-state index contributed by atoms with van der Waals surface area (Å²) in [5.41, 5.74) is 1.31. The lowest BCUT2D eigenvalue weighted by Gasteiger charge is -2.37. The zero-order valence-corrected chi connectivity index (χ0v) is 17.4. The Kier molecular flexibility index (Phi) is 7.49. The first-order chi connectivity index (χ1) is 13.5. The largest absolute Gasteiger partial charge is 0.344 e. The Bertz CT molecular complexity index is 633. The van der Waals surface area contributed by atoms with Crippen molar-refractivity contribution in [3.8, 4) is 0 Å². The van der Waals surface area contributed by atoms with Gasteiger partial charge in [-0.1, -0.05) is 63.4 Å². The van der Waals surface area contributed by atoms with Crippen LogP contribution in [0.1, 0.15) is 51.5 Å². The number of amides is 2. The van der Waals surface area contributed by atoms with Gasteiger partial charge in [0.25, 0.3) is 0 Å². The van der Waals surface area contributed by atoms with Crippen molar-refractivity contribution in [1.82, 2.24) is 15.1 Å². The Labute approximate surface area is 169 Å². The Morgan fingerprint density at radius 1 is 1.00 bits per heavy atom. The van der Waals surface area contributed by atoms with Gasteiger partial charge in [-0.05, 0) is 24.3 Å². The van der Waals surface area contributed by atoms with Gasteiger partial charge in [0, 0.05) is 38.6 Å². The Balaban J connectivity index is 1.51. The molecular formula is C23H35N3O2. The number of nitrogens with one attached hydrogen (secondary N) is 1. The molecule has 1 saturated heterocycles. The van der Waals surface area contributed by atoms with Crippen LogP contribution in [-0.2, 0) is 16.1 Å². The van der Waals surface area contributed by atoms with Gasteiger partial charge in [-0.3, -0.25) is 14.5 Å². The summed E-state index contributed by atoms with van der Waals surface area (Å²) in [4.78, 5) is 30.1. The molecule has 1 unspecified atom stereocenters. The van der Waals surface area contributed by atoms with Crippen LogP contribution in [0.15, 0.2) is 30.3 Å². The van der Waals surface area contributed by atoms with Gasteiger partial charge < -0.3 is 10.2 Å². The van der Waals surface area contributed by atoms with E-state index >= 15 is 0 Å². The normalized spacial score (nSPS) is 20.2. The van der Waals surface area contributed by atoms with E-state index in [1.165, 1.54) is 12.0 Å². The molecule has 1 aliphatic carbocycles. The molecule has 28 heavy (non-hydrogen) atoms. The molecule has 1 aromatic carbocycles. The molecule has 1 aliphatic heterocycles. The van der Waals surface area contributed by atoms with Gasteiger partial charge in [0.15, 0.2) is 0 Å². The van der Waals surface area contributed by atoms with Crippen LogP contribution in [0.25, 0.3) is 0 Å². The van der Waals surface area contributed by atoms with Gasteiger partial charge in [0.05, 0.1) is 0 Å². The second-order valence-electron chi connectivity index (χ2n) is 8.65. The van der Waals surface area contributed by atoms with E-state index in [0.29, 0.717) is 0 Å². The third-order valence-electron chi connectivity index (χ3n) is 6.14. The van der Waals surface area contributed by atoms with Gasteiger partial charge in [-0.25, -0.2) is 0 Å². The maximum Gasteiger partial charge on any atom is 0.245 e. The fourth-order valence-electron chi connectivity index (χ4n) is 4.31. The van der Waals surface area contributed by atoms with Crippen LogP contribution in [0, 0.1) is 11.8 Å². The summed E-state index contributed by atoms with van der Waals surface area (Å²) in [6.07, 6.45) is 5.40. The summed E-state index contributed by atoms with van der Waals surface area (Å²) in [6, 6.07) is 10.1. The molecule has 1 saturated carbocycles. The zero-order chi connectivity index (χ0) is 19.9. The molecule has 0 radical (unpaired) electrons. The van der Waals surface area contributed by atoms with Gasteiger partial charge >= 0.3 is 0 Å². The molecule has 1 N–H and O–H groups in total. The molecule has 1 aromatic rings. The van der Waals surface area contributed by atoms with Crippen LogP contribution in [0.4, 0.5) is 0 Å². The van der Waals surface area contributed by atoms with Crippen molar-refractivity contribution >= 4 is 11.8 Å². The lowest BCUT2D eigenvalue weighted by molar-refractivity contribution is -0.140. The van der Waals surface area contributed by atoms with Gasteiger partial charge in [0.2, 0.25) is 11.8 Å². The van der Waals surface area contributed by atoms with Gasteiger partial charge in [-0.15, -0.1) is 0 Å². The van der Waals surface area contributed by atoms with Crippen molar-refractivity contribution in [3.05, 3.63) is 35.9 Å². The molecule has 5 heteroatoms. The molecule has 2 amide bonds. The van der Waals surface area contributed by atoms with E-state index in [1.807, 2.05) is 24.8 Å². The first kappa shape index (κ1) is 20.8. The summed E-state index contributed by atoms with van der Waals surface area (Å²) in [7, 11) is 0. The third-order valence-corrected chi connectivity index (χ3v) is 6.14. The van der Waals surface area contributed by atoms with Crippen molar-refractivity contribution in [3.63, 3.8) is 0 Å². The summed E-state index contributed by atoms with van der Waals surface area (Å²) >= 11 is 0. The molecule has 0 spiro atoms. The molecule has 5 nitrogen and oxygen atoms in total. The van der Waals surface area contributed by atoms with E-state index in [0.717, 1.165) is 58.4 Å². The fraction of sp³-hybridized carbons (Fsp3) is 0.652. The van der Waals surface area contributed by atoms with E-state index in [-0.39, 0.29) is 23.7 Å².